The van der Waals surface area contributed by atoms with Gasteiger partial charge < -0.3 is 14.2 Å². The number of anilines is 1. The van der Waals surface area contributed by atoms with Crippen LogP contribution in [0.4, 0.5) is 5.13 Å². The first-order valence-corrected chi connectivity index (χ1v) is 13.4. The molecule has 4 heterocycles. The quantitative estimate of drug-likeness (QED) is 0.319. The van der Waals surface area contributed by atoms with Gasteiger partial charge in [-0.15, -0.1) is 11.3 Å². The number of halogens is 3. The molecule has 2 saturated carbocycles. The Kier molecular flexibility index (Phi) is 5.54. The van der Waals surface area contributed by atoms with Crippen molar-refractivity contribution in [2.24, 2.45) is 5.92 Å². The van der Waals surface area contributed by atoms with Gasteiger partial charge in [0.1, 0.15) is 16.1 Å². The van der Waals surface area contributed by atoms with Crippen molar-refractivity contribution in [2.45, 2.75) is 63.3 Å². The molecule has 0 radical (unpaired) electrons. The molecule has 2 bridgehead atoms. The summed E-state index contributed by atoms with van der Waals surface area (Å²) in [6, 6.07) is 6.45. The summed E-state index contributed by atoms with van der Waals surface area (Å²) in [5, 5.41) is 8.69. The third-order valence-electron chi connectivity index (χ3n) is 7.05. The smallest absolute Gasteiger partial charge is 0.186 e. The third-order valence-corrected chi connectivity index (χ3v) is 9.25. The number of piperidine rings is 1. The normalized spacial score (nSPS) is 26.9. The van der Waals surface area contributed by atoms with Gasteiger partial charge in [0.15, 0.2) is 5.13 Å². The topological polar surface area (TPSA) is 51.4 Å². The minimum atomic E-state index is 0.206. The number of benzene rings is 1. The van der Waals surface area contributed by atoms with Crippen LogP contribution in [0, 0.1) is 5.92 Å². The molecule has 2 aliphatic heterocycles. The maximum Gasteiger partial charge on any atom is 0.186 e. The van der Waals surface area contributed by atoms with E-state index in [0.717, 1.165) is 52.3 Å². The predicted molar refractivity (Wildman–Crippen MR) is 131 cm³/mol. The van der Waals surface area contributed by atoms with E-state index in [2.05, 4.69) is 43.3 Å². The summed E-state index contributed by atoms with van der Waals surface area (Å²) in [5.74, 6) is 2.02. The van der Waals surface area contributed by atoms with Crippen molar-refractivity contribution in [3.05, 3.63) is 49.6 Å². The van der Waals surface area contributed by atoms with E-state index in [0.29, 0.717) is 46.3 Å². The van der Waals surface area contributed by atoms with E-state index in [-0.39, 0.29) is 6.10 Å². The van der Waals surface area contributed by atoms with Gasteiger partial charge in [0, 0.05) is 34.5 Å². The van der Waals surface area contributed by atoms with Crippen LogP contribution in [0.1, 0.15) is 49.8 Å². The van der Waals surface area contributed by atoms with Crippen LogP contribution >= 0.6 is 50.5 Å². The van der Waals surface area contributed by atoms with Gasteiger partial charge in [-0.1, -0.05) is 41.3 Å². The molecule has 0 spiro atoms. The first kappa shape index (κ1) is 21.4. The van der Waals surface area contributed by atoms with E-state index in [9.17, 15) is 0 Å². The van der Waals surface area contributed by atoms with Crippen LogP contribution in [-0.2, 0) is 11.3 Å². The van der Waals surface area contributed by atoms with E-state index in [4.69, 9.17) is 32.5 Å². The zero-order valence-electron chi connectivity index (χ0n) is 17.4. The van der Waals surface area contributed by atoms with Crippen LogP contribution < -0.4 is 4.90 Å². The Morgan fingerprint density at radius 1 is 1.22 bits per heavy atom. The molecule has 7 rings (SSSR count). The maximum atomic E-state index is 6.49. The molecule has 9 heteroatoms. The molecule has 3 aromatic rings. The number of thiazole rings is 1. The highest BCUT2D eigenvalue weighted by Gasteiger charge is 2.52. The number of hydrogen-bond acceptors (Lipinski definition) is 6. The average Bonchev–Trinajstić information content (AvgIpc) is 3.41. The summed E-state index contributed by atoms with van der Waals surface area (Å²) < 4.78 is 13.2. The lowest BCUT2D eigenvalue weighted by molar-refractivity contribution is -0.0364. The monoisotopic (exact) mass is 553 g/mol. The fourth-order valence-corrected chi connectivity index (χ4v) is 7.17. The van der Waals surface area contributed by atoms with Crippen molar-refractivity contribution in [3.63, 3.8) is 0 Å². The lowest BCUT2D eigenvalue weighted by Crippen LogP contribution is -2.68. The van der Waals surface area contributed by atoms with Crippen LogP contribution in [0.3, 0.4) is 0 Å². The van der Waals surface area contributed by atoms with E-state index in [1.807, 2.05) is 18.2 Å². The lowest BCUT2D eigenvalue weighted by Gasteiger charge is -2.59. The molecule has 4 atom stereocenters. The Hall–Kier alpha value is -1.12. The fourth-order valence-electron chi connectivity index (χ4n) is 5.23. The Bertz CT molecular complexity index is 1130. The van der Waals surface area contributed by atoms with E-state index < -0.39 is 0 Å². The van der Waals surface area contributed by atoms with Gasteiger partial charge in [-0.2, -0.15) is 0 Å². The van der Waals surface area contributed by atoms with Crippen LogP contribution in [0.25, 0.3) is 11.3 Å². The second kappa shape index (κ2) is 8.27. The zero-order valence-corrected chi connectivity index (χ0v) is 21.3. The van der Waals surface area contributed by atoms with Crippen LogP contribution in [-0.4, -0.2) is 28.3 Å². The molecule has 5 nitrogen and oxygen atoms in total. The second-order valence-electron chi connectivity index (χ2n) is 9.00. The Balaban J connectivity index is 1.21. The highest BCUT2D eigenvalue weighted by atomic mass is 79.9. The third kappa shape index (κ3) is 3.61. The minimum absolute atomic E-state index is 0.206. The molecule has 3 unspecified atom stereocenters. The van der Waals surface area contributed by atoms with Gasteiger partial charge in [-0.05, 0) is 59.7 Å². The fraction of sp³-hybridized carbons (Fsp3) is 0.478. The molecule has 2 aliphatic carbocycles. The van der Waals surface area contributed by atoms with Crippen molar-refractivity contribution in [1.29, 1.82) is 0 Å². The number of nitrogens with zero attached hydrogens (tertiary/aromatic N) is 3. The summed E-state index contributed by atoms with van der Waals surface area (Å²) in [7, 11) is 0. The van der Waals surface area contributed by atoms with E-state index in [1.54, 1.807) is 11.3 Å². The number of hydrogen-bond donors (Lipinski definition) is 0. The molecule has 4 aliphatic rings. The number of fused-ring (bicyclic) bond motifs is 2. The number of ether oxygens (including phenoxy) is 1. The Labute approximate surface area is 209 Å². The molecule has 1 aromatic carbocycles. The number of aromatic nitrogens is 2. The molecule has 32 heavy (non-hydrogen) atoms. The highest BCUT2D eigenvalue weighted by Crippen LogP contribution is 2.49. The Morgan fingerprint density at radius 2 is 1.94 bits per heavy atom. The Morgan fingerprint density at radius 3 is 2.56 bits per heavy atom. The van der Waals surface area contributed by atoms with Crippen LogP contribution in [0.5, 0.6) is 0 Å². The molecule has 0 amide bonds. The molecular weight excluding hydrogens is 533 g/mol. The van der Waals surface area contributed by atoms with Crippen LogP contribution in [0.2, 0.25) is 10.0 Å². The van der Waals surface area contributed by atoms with Crippen molar-refractivity contribution in [2.75, 3.05) is 4.90 Å². The molecule has 0 N–H and O–H groups in total. The summed E-state index contributed by atoms with van der Waals surface area (Å²) >= 11 is 18.2. The van der Waals surface area contributed by atoms with Crippen LogP contribution in [0.15, 0.2) is 32.7 Å². The minimum Gasteiger partial charge on any atom is -0.373 e. The second-order valence-corrected chi connectivity index (χ2v) is 11.5. The van der Waals surface area contributed by atoms with Gasteiger partial charge in [-0.3, -0.25) is 0 Å². The summed E-state index contributed by atoms with van der Waals surface area (Å²) in [4.78, 5) is 7.11. The van der Waals surface area contributed by atoms with Gasteiger partial charge in [0.25, 0.3) is 0 Å². The summed E-state index contributed by atoms with van der Waals surface area (Å²) in [6.07, 6.45) is 4.46. The molecule has 4 fully saturated rings. The number of rotatable bonds is 6. The van der Waals surface area contributed by atoms with Crippen molar-refractivity contribution in [3.8, 4) is 11.3 Å². The van der Waals surface area contributed by atoms with E-state index in [1.165, 1.54) is 0 Å². The first-order chi connectivity index (χ1) is 15.5. The highest BCUT2D eigenvalue weighted by molar-refractivity contribution is 9.10. The molecule has 168 valence electrons. The SMILES string of the molecule is CC1C2CC(OCc3c(-c4c(Cl)cccc4Cl)noc3C3CC3)C[C@@H]1N2c1nc(Br)cs1. The maximum absolute atomic E-state index is 6.49. The van der Waals surface area contributed by atoms with Gasteiger partial charge in [0.2, 0.25) is 0 Å². The lowest BCUT2D eigenvalue weighted by atomic mass is 9.70. The summed E-state index contributed by atoms with van der Waals surface area (Å²) in [5.41, 5.74) is 2.44. The van der Waals surface area contributed by atoms with Gasteiger partial charge in [0.05, 0.1) is 22.8 Å². The van der Waals surface area contributed by atoms with Crippen molar-refractivity contribution < 1.29 is 9.26 Å². The van der Waals surface area contributed by atoms with Crippen molar-refractivity contribution >= 4 is 55.6 Å². The predicted octanol–water partition coefficient (Wildman–Crippen LogP) is 7.32. The zero-order chi connectivity index (χ0) is 22.0. The average molecular weight is 555 g/mol. The standard InChI is InChI=1S/C23H22BrCl2N3O2S/c1-11-17-7-13(8-18(11)29(17)23-27-19(24)10-32-23)30-9-14-21(28-31-22(14)12-5-6-12)20-15(25)3-2-4-16(20)26/h2-4,10-13,17-18H,5-9H2,1H3/t11?,13?,17-,18?/m0/s1. The van der Waals surface area contributed by atoms with Crippen molar-refractivity contribution in [1.82, 2.24) is 10.1 Å². The van der Waals surface area contributed by atoms with Gasteiger partial charge in [-0.25, -0.2) is 4.98 Å². The molecule has 2 aromatic heterocycles. The molecule has 2 saturated heterocycles. The summed E-state index contributed by atoms with van der Waals surface area (Å²) in [6.45, 7) is 2.81. The van der Waals surface area contributed by atoms with E-state index >= 15 is 0 Å². The molecular formula is C23H22BrCl2N3O2S. The van der Waals surface area contributed by atoms with Gasteiger partial charge >= 0.3 is 0 Å². The first-order valence-electron chi connectivity index (χ1n) is 10.9. The largest absolute Gasteiger partial charge is 0.373 e.